The van der Waals surface area contributed by atoms with Crippen molar-refractivity contribution in [1.29, 1.82) is 0 Å². The SMILES string of the molecule is COCCN(C)CCNC(=O)C1Cc2ccccc2CN1.Cl.Cl. The smallest absolute Gasteiger partial charge is 0.237 e. The molecule has 0 radical (unpaired) electrons. The van der Waals surface area contributed by atoms with E-state index in [1.54, 1.807) is 7.11 Å². The molecule has 5 nitrogen and oxygen atoms in total. The summed E-state index contributed by atoms with van der Waals surface area (Å²) in [6.07, 6.45) is 0.765. The fourth-order valence-electron chi connectivity index (χ4n) is 2.49. The second-order valence-electron chi connectivity index (χ2n) is 5.49. The number of nitrogens with one attached hydrogen (secondary N) is 2. The average Bonchev–Trinajstić information content (AvgIpc) is 2.52. The normalized spacial score (nSPS) is 16.0. The summed E-state index contributed by atoms with van der Waals surface area (Å²) in [6, 6.07) is 8.17. The zero-order valence-corrected chi connectivity index (χ0v) is 15.3. The number of benzene rings is 1. The van der Waals surface area contributed by atoms with Crippen LogP contribution in [0.15, 0.2) is 24.3 Å². The van der Waals surface area contributed by atoms with Gasteiger partial charge in [0.25, 0.3) is 0 Å². The van der Waals surface area contributed by atoms with Gasteiger partial charge in [-0.3, -0.25) is 4.79 Å². The summed E-state index contributed by atoms with van der Waals surface area (Å²) in [4.78, 5) is 14.3. The van der Waals surface area contributed by atoms with Crippen LogP contribution in [0.5, 0.6) is 0 Å². The molecule has 1 atom stereocenters. The molecule has 1 aliphatic rings. The van der Waals surface area contributed by atoms with Gasteiger partial charge in [0.1, 0.15) is 0 Å². The molecule has 0 aromatic heterocycles. The van der Waals surface area contributed by atoms with E-state index in [0.29, 0.717) is 13.2 Å². The summed E-state index contributed by atoms with van der Waals surface area (Å²) in [5.74, 6) is 0.0876. The highest BCUT2D eigenvalue weighted by Crippen LogP contribution is 2.16. The van der Waals surface area contributed by atoms with Crippen LogP contribution in [-0.2, 0) is 22.5 Å². The number of rotatable bonds is 7. The van der Waals surface area contributed by atoms with Gasteiger partial charge in [0.2, 0.25) is 5.91 Å². The van der Waals surface area contributed by atoms with E-state index in [-0.39, 0.29) is 36.8 Å². The second-order valence-corrected chi connectivity index (χ2v) is 5.49. The number of amides is 1. The van der Waals surface area contributed by atoms with Crippen molar-refractivity contribution < 1.29 is 9.53 Å². The number of halogens is 2. The zero-order chi connectivity index (χ0) is 15.1. The highest BCUT2D eigenvalue weighted by Gasteiger charge is 2.23. The first-order valence-corrected chi connectivity index (χ1v) is 7.46. The van der Waals surface area contributed by atoms with Crippen LogP contribution in [0.2, 0.25) is 0 Å². The predicted octanol–water partition coefficient (Wildman–Crippen LogP) is 1.24. The van der Waals surface area contributed by atoms with Crippen LogP contribution in [0, 0.1) is 0 Å². The highest BCUT2D eigenvalue weighted by molar-refractivity contribution is 5.85. The Morgan fingerprint density at radius 2 is 2.00 bits per heavy atom. The molecule has 0 fully saturated rings. The summed E-state index contributed by atoms with van der Waals surface area (Å²) >= 11 is 0. The Kier molecular flexibility index (Phi) is 11.2. The van der Waals surface area contributed by atoms with E-state index in [0.717, 1.165) is 26.1 Å². The van der Waals surface area contributed by atoms with Crippen molar-refractivity contribution >= 4 is 30.7 Å². The van der Waals surface area contributed by atoms with Crippen LogP contribution >= 0.6 is 24.8 Å². The highest BCUT2D eigenvalue weighted by atomic mass is 35.5. The van der Waals surface area contributed by atoms with Crippen molar-refractivity contribution in [2.24, 2.45) is 0 Å². The molecule has 23 heavy (non-hydrogen) atoms. The quantitative estimate of drug-likeness (QED) is 0.765. The fourth-order valence-corrected chi connectivity index (χ4v) is 2.49. The third kappa shape index (κ3) is 7.06. The number of hydrogen-bond donors (Lipinski definition) is 2. The minimum atomic E-state index is -0.121. The lowest BCUT2D eigenvalue weighted by atomic mass is 9.95. The first-order chi connectivity index (χ1) is 10.2. The third-order valence-corrected chi connectivity index (χ3v) is 3.87. The molecular formula is C16H27Cl2N3O2. The topological polar surface area (TPSA) is 53.6 Å². The maximum absolute atomic E-state index is 12.2. The van der Waals surface area contributed by atoms with E-state index in [1.165, 1.54) is 11.1 Å². The lowest BCUT2D eigenvalue weighted by molar-refractivity contribution is -0.123. The van der Waals surface area contributed by atoms with E-state index >= 15 is 0 Å². The van der Waals surface area contributed by atoms with Crippen LogP contribution in [0.3, 0.4) is 0 Å². The number of hydrogen-bond acceptors (Lipinski definition) is 4. The van der Waals surface area contributed by atoms with Crippen LogP contribution < -0.4 is 10.6 Å². The largest absolute Gasteiger partial charge is 0.383 e. The standard InChI is InChI=1S/C16H25N3O2.2ClH/c1-19(9-10-21-2)8-7-17-16(20)15-11-13-5-3-4-6-14(13)12-18-15;;/h3-6,15,18H,7-12H2,1-2H3,(H,17,20);2*1H. The van der Waals surface area contributed by atoms with Crippen LogP contribution in [-0.4, -0.2) is 57.2 Å². The van der Waals surface area contributed by atoms with Crippen LogP contribution in [0.4, 0.5) is 0 Å². The van der Waals surface area contributed by atoms with Gasteiger partial charge in [0.05, 0.1) is 12.6 Å². The Balaban J connectivity index is 0.00000242. The van der Waals surface area contributed by atoms with Gasteiger partial charge < -0.3 is 20.3 Å². The number of carbonyl (C=O) groups excluding carboxylic acids is 1. The average molecular weight is 364 g/mol. The molecule has 2 rings (SSSR count). The fraction of sp³-hybridized carbons (Fsp3) is 0.562. The van der Waals surface area contributed by atoms with Crippen molar-refractivity contribution in [2.45, 2.75) is 19.0 Å². The van der Waals surface area contributed by atoms with Crippen molar-refractivity contribution in [3.8, 4) is 0 Å². The molecule has 132 valence electrons. The molecule has 7 heteroatoms. The van der Waals surface area contributed by atoms with Gasteiger partial charge in [-0.25, -0.2) is 0 Å². The molecule has 1 aliphatic heterocycles. The lowest BCUT2D eigenvalue weighted by Crippen LogP contribution is -2.49. The Morgan fingerprint density at radius 1 is 1.30 bits per heavy atom. The predicted molar refractivity (Wildman–Crippen MR) is 97.7 cm³/mol. The number of methoxy groups -OCH3 is 1. The molecular weight excluding hydrogens is 337 g/mol. The van der Waals surface area contributed by atoms with Gasteiger partial charge in [0.15, 0.2) is 0 Å². The van der Waals surface area contributed by atoms with Gasteiger partial charge in [-0.05, 0) is 24.6 Å². The zero-order valence-electron chi connectivity index (χ0n) is 13.7. The number of carbonyl (C=O) groups is 1. The molecule has 0 bridgehead atoms. The van der Waals surface area contributed by atoms with E-state index in [4.69, 9.17) is 4.74 Å². The van der Waals surface area contributed by atoms with Gasteiger partial charge in [-0.1, -0.05) is 24.3 Å². The van der Waals surface area contributed by atoms with Crippen molar-refractivity contribution in [3.63, 3.8) is 0 Å². The maximum Gasteiger partial charge on any atom is 0.237 e. The Morgan fingerprint density at radius 3 is 2.70 bits per heavy atom. The minimum absolute atomic E-state index is 0. The molecule has 1 aromatic carbocycles. The van der Waals surface area contributed by atoms with Crippen LogP contribution in [0.1, 0.15) is 11.1 Å². The van der Waals surface area contributed by atoms with Gasteiger partial charge in [-0.2, -0.15) is 0 Å². The Hall–Kier alpha value is -0.850. The number of ether oxygens (including phenoxy) is 1. The summed E-state index contributed by atoms with van der Waals surface area (Å²) in [5.41, 5.74) is 2.56. The molecule has 1 amide bonds. The summed E-state index contributed by atoms with van der Waals surface area (Å²) < 4.78 is 5.03. The van der Waals surface area contributed by atoms with E-state index in [9.17, 15) is 4.79 Å². The van der Waals surface area contributed by atoms with E-state index < -0.39 is 0 Å². The van der Waals surface area contributed by atoms with E-state index in [2.05, 4.69) is 27.7 Å². The molecule has 0 spiro atoms. The first-order valence-electron chi connectivity index (χ1n) is 7.46. The Labute approximate surface area is 151 Å². The molecule has 0 saturated carbocycles. The van der Waals surface area contributed by atoms with Gasteiger partial charge in [-0.15, -0.1) is 24.8 Å². The van der Waals surface area contributed by atoms with Crippen LogP contribution in [0.25, 0.3) is 0 Å². The Bertz CT molecular complexity index is 474. The first kappa shape index (κ1) is 22.1. The lowest BCUT2D eigenvalue weighted by Gasteiger charge is -2.25. The number of likely N-dealkylation sites (N-methyl/N-ethyl adjacent to an activating group) is 1. The molecule has 0 saturated heterocycles. The minimum Gasteiger partial charge on any atom is -0.383 e. The van der Waals surface area contributed by atoms with E-state index in [1.807, 2.05) is 19.2 Å². The summed E-state index contributed by atoms with van der Waals surface area (Å²) in [5, 5.41) is 6.31. The van der Waals surface area contributed by atoms with Crippen molar-refractivity contribution in [2.75, 3.05) is 40.4 Å². The molecule has 1 unspecified atom stereocenters. The van der Waals surface area contributed by atoms with Crippen molar-refractivity contribution in [3.05, 3.63) is 35.4 Å². The van der Waals surface area contributed by atoms with Gasteiger partial charge in [0, 0.05) is 33.3 Å². The molecule has 1 aromatic rings. The monoisotopic (exact) mass is 363 g/mol. The van der Waals surface area contributed by atoms with Crippen molar-refractivity contribution in [1.82, 2.24) is 15.5 Å². The molecule has 0 aliphatic carbocycles. The molecule has 1 heterocycles. The number of fused-ring (bicyclic) bond motifs is 1. The summed E-state index contributed by atoms with van der Waals surface area (Å²) in [7, 11) is 3.72. The number of nitrogens with zero attached hydrogens (tertiary/aromatic N) is 1. The molecule has 2 N–H and O–H groups in total. The second kappa shape index (κ2) is 11.6. The third-order valence-electron chi connectivity index (χ3n) is 3.87. The summed E-state index contributed by atoms with van der Waals surface area (Å²) in [6.45, 7) is 3.85. The van der Waals surface area contributed by atoms with Gasteiger partial charge >= 0.3 is 0 Å². The maximum atomic E-state index is 12.2.